The largest absolute Gasteiger partial charge is 0.382 e. The van der Waals surface area contributed by atoms with Crippen LogP contribution in [0.5, 0.6) is 0 Å². The Morgan fingerprint density at radius 1 is 1.11 bits per heavy atom. The number of benzene rings is 2. The quantitative estimate of drug-likeness (QED) is 0.773. The molecular weight excluding hydrogens is 351 g/mol. The van der Waals surface area contributed by atoms with Crippen LogP contribution >= 0.6 is 0 Å². The second-order valence-corrected chi connectivity index (χ2v) is 8.48. The highest BCUT2D eigenvalue weighted by atomic mass is 19.1. The molecule has 2 aromatic rings. The Bertz CT molecular complexity index is 863. The Morgan fingerprint density at radius 2 is 1.86 bits per heavy atom. The normalized spacial score (nSPS) is 26.2. The van der Waals surface area contributed by atoms with Gasteiger partial charge in [-0.1, -0.05) is 19.1 Å². The molecule has 0 saturated carbocycles. The average Bonchev–Trinajstić information content (AvgIpc) is 3.20. The van der Waals surface area contributed by atoms with Crippen LogP contribution < -0.4 is 5.32 Å². The zero-order chi connectivity index (χ0) is 19.8. The molecule has 2 heterocycles. The Hall–Kier alpha value is -2.36. The molecule has 4 heteroatoms. The molecule has 2 aromatic carbocycles. The van der Waals surface area contributed by atoms with Gasteiger partial charge in [0.25, 0.3) is 5.91 Å². The summed E-state index contributed by atoms with van der Waals surface area (Å²) in [6.45, 7) is 6.54. The molecule has 148 valence electrons. The zero-order valence-corrected chi connectivity index (χ0v) is 16.9. The topological polar surface area (TPSA) is 32.3 Å². The van der Waals surface area contributed by atoms with Crippen LogP contribution in [0.15, 0.2) is 42.5 Å². The number of carbonyl (C=O) groups is 1. The fraction of sp³-hybridized carbons (Fsp3) is 0.458. The number of halogens is 1. The highest BCUT2D eigenvalue weighted by Gasteiger charge is 2.35. The summed E-state index contributed by atoms with van der Waals surface area (Å²) in [5.74, 6) is 0.348. The number of fused-ring (bicyclic) bond motifs is 1. The fourth-order valence-corrected chi connectivity index (χ4v) is 4.70. The predicted octanol–water partition coefficient (Wildman–Crippen LogP) is 5.37. The summed E-state index contributed by atoms with van der Waals surface area (Å²) >= 11 is 0. The third kappa shape index (κ3) is 3.52. The third-order valence-corrected chi connectivity index (χ3v) is 6.62. The van der Waals surface area contributed by atoms with Crippen LogP contribution in [0, 0.1) is 5.82 Å². The molecule has 1 saturated heterocycles. The van der Waals surface area contributed by atoms with Crippen LogP contribution in [0.25, 0.3) is 0 Å². The molecule has 4 atom stereocenters. The molecule has 4 rings (SSSR count). The number of carbonyl (C=O) groups excluding carboxylic acids is 1. The van der Waals surface area contributed by atoms with Crippen molar-refractivity contribution in [3.63, 3.8) is 0 Å². The van der Waals surface area contributed by atoms with E-state index in [1.807, 2.05) is 18.2 Å². The van der Waals surface area contributed by atoms with Gasteiger partial charge in [-0.05, 0) is 81.0 Å². The summed E-state index contributed by atoms with van der Waals surface area (Å²) < 4.78 is 13.1. The van der Waals surface area contributed by atoms with Crippen molar-refractivity contribution >= 4 is 11.6 Å². The minimum atomic E-state index is -0.204. The van der Waals surface area contributed by atoms with Gasteiger partial charge in [0.1, 0.15) is 5.82 Å². The maximum absolute atomic E-state index is 13.4. The predicted molar refractivity (Wildman–Crippen MR) is 111 cm³/mol. The number of nitrogens with zero attached hydrogens (tertiary/aromatic N) is 1. The lowest BCUT2D eigenvalue weighted by molar-refractivity contribution is 0.0672. The van der Waals surface area contributed by atoms with Crippen LogP contribution in [-0.4, -0.2) is 28.9 Å². The number of aryl methyl sites for hydroxylation is 1. The monoisotopic (exact) mass is 380 g/mol. The lowest BCUT2D eigenvalue weighted by Gasteiger charge is -2.29. The van der Waals surface area contributed by atoms with Crippen LogP contribution in [-0.2, 0) is 6.42 Å². The number of likely N-dealkylation sites (tertiary alicyclic amines) is 1. The van der Waals surface area contributed by atoms with Crippen LogP contribution in [0.2, 0.25) is 0 Å². The number of nitrogens with one attached hydrogen (secondary N) is 1. The van der Waals surface area contributed by atoms with Gasteiger partial charge in [0.05, 0.1) is 0 Å². The van der Waals surface area contributed by atoms with Crippen molar-refractivity contribution in [3.8, 4) is 0 Å². The number of anilines is 1. The molecule has 1 N–H and O–H groups in total. The molecule has 1 amide bonds. The van der Waals surface area contributed by atoms with Gasteiger partial charge < -0.3 is 10.2 Å². The number of hydrogen-bond acceptors (Lipinski definition) is 2. The van der Waals surface area contributed by atoms with Gasteiger partial charge >= 0.3 is 0 Å². The lowest BCUT2D eigenvalue weighted by atomic mass is 9.96. The second kappa shape index (κ2) is 7.57. The van der Waals surface area contributed by atoms with Crippen LogP contribution in [0.3, 0.4) is 0 Å². The maximum Gasteiger partial charge on any atom is 0.254 e. The second-order valence-electron chi connectivity index (χ2n) is 8.48. The molecule has 0 bridgehead atoms. The average molecular weight is 381 g/mol. The Balaban J connectivity index is 1.50. The van der Waals surface area contributed by atoms with Crippen molar-refractivity contribution in [3.05, 3.63) is 65.0 Å². The first-order valence-corrected chi connectivity index (χ1v) is 10.4. The summed E-state index contributed by atoms with van der Waals surface area (Å²) in [5, 5.41) is 3.49. The van der Waals surface area contributed by atoms with E-state index in [0.29, 0.717) is 12.0 Å². The number of amides is 1. The first kappa shape index (κ1) is 19.0. The van der Waals surface area contributed by atoms with Gasteiger partial charge in [-0.2, -0.15) is 0 Å². The van der Waals surface area contributed by atoms with E-state index in [9.17, 15) is 9.18 Å². The molecule has 0 aliphatic carbocycles. The van der Waals surface area contributed by atoms with Crippen molar-refractivity contribution < 1.29 is 9.18 Å². The molecule has 2 aliphatic rings. The molecular formula is C24H29FN2O. The van der Waals surface area contributed by atoms with Crippen molar-refractivity contribution in [2.45, 2.75) is 70.5 Å². The van der Waals surface area contributed by atoms with Gasteiger partial charge in [-0.25, -0.2) is 4.39 Å². The molecule has 0 radical (unpaired) electrons. The van der Waals surface area contributed by atoms with E-state index < -0.39 is 0 Å². The molecule has 1 fully saturated rings. The SMILES string of the molecule is CC1Nc2ccc(C(=O)N3[C@@H](CCc4ccc(F)cc4)CC[C@H]3C)cc2C1C. The maximum atomic E-state index is 13.4. The molecule has 3 nitrogen and oxygen atoms in total. The zero-order valence-electron chi connectivity index (χ0n) is 16.9. The van der Waals surface area contributed by atoms with E-state index in [0.717, 1.165) is 42.5 Å². The number of rotatable bonds is 4. The molecule has 0 aromatic heterocycles. The van der Waals surface area contributed by atoms with Gasteiger partial charge in [0.2, 0.25) is 0 Å². The summed E-state index contributed by atoms with van der Waals surface area (Å²) in [6.07, 6.45) is 3.86. The Morgan fingerprint density at radius 3 is 2.61 bits per heavy atom. The van der Waals surface area contributed by atoms with Gasteiger partial charge in [-0.15, -0.1) is 0 Å². The summed E-state index contributed by atoms with van der Waals surface area (Å²) in [7, 11) is 0. The van der Waals surface area contributed by atoms with Gasteiger partial charge in [-0.3, -0.25) is 4.79 Å². The summed E-state index contributed by atoms with van der Waals surface area (Å²) in [5.41, 5.74) is 4.31. The smallest absolute Gasteiger partial charge is 0.254 e. The van der Waals surface area contributed by atoms with Crippen molar-refractivity contribution in [1.82, 2.24) is 4.90 Å². The minimum absolute atomic E-state index is 0.142. The minimum Gasteiger partial charge on any atom is -0.382 e. The molecule has 0 spiro atoms. The first-order valence-electron chi connectivity index (χ1n) is 10.4. The highest BCUT2D eigenvalue weighted by Crippen LogP contribution is 2.37. The first-order chi connectivity index (χ1) is 13.4. The van der Waals surface area contributed by atoms with Crippen molar-refractivity contribution in [2.24, 2.45) is 0 Å². The van der Waals surface area contributed by atoms with Crippen molar-refractivity contribution in [1.29, 1.82) is 0 Å². The summed E-state index contributed by atoms with van der Waals surface area (Å²) in [4.78, 5) is 15.5. The Kier molecular flexibility index (Phi) is 5.13. The standard InChI is InChI=1S/C24H29FN2O/c1-15-4-11-21(12-7-18-5-9-20(25)10-6-18)27(15)24(28)19-8-13-23-22(14-19)16(2)17(3)26-23/h5-6,8-10,13-17,21,26H,4,7,11-12H2,1-3H3/t15-,16?,17?,21-/m1/s1. The highest BCUT2D eigenvalue weighted by molar-refractivity contribution is 5.95. The van der Waals surface area contributed by atoms with E-state index >= 15 is 0 Å². The van der Waals surface area contributed by atoms with E-state index in [1.165, 1.54) is 17.7 Å². The van der Waals surface area contributed by atoms with E-state index in [1.54, 1.807) is 0 Å². The van der Waals surface area contributed by atoms with E-state index in [4.69, 9.17) is 0 Å². The van der Waals surface area contributed by atoms with E-state index in [2.05, 4.69) is 43.1 Å². The van der Waals surface area contributed by atoms with E-state index in [-0.39, 0.29) is 23.8 Å². The lowest BCUT2D eigenvalue weighted by Crippen LogP contribution is -2.40. The van der Waals surface area contributed by atoms with Gasteiger partial charge in [0.15, 0.2) is 0 Å². The number of hydrogen-bond donors (Lipinski definition) is 1. The van der Waals surface area contributed by atoms with Crippen molar-refractivity contribution in [2.75, 3.05) is 5.32 Å². The van der Waals surface area contributed by atoms with Crippen LogP contribution in [0.4, 0.5) is 10.1 Å². The Labute approximate surface area is 166 Å². The molecule has 2 unspecified atom stereocenters. The molecule has 28 heavy (non-hydrogen) atoms. The third-order valence-electron chi connectivity index (χ3n) is 6.62. The van der Waals surface area contributed by atoms with Crippen LogP contribution in [0.1, 0.15) is 67.4 Å². The van der Waals surface area contributed by atoms with Gasteiger partial charge in [0, 0.05) is 35.3 Å². The summed E-state index contributed by atoms with van der Waals surface area (Å²) in [6, 6.07) is 13.7. The fourth-order valence-electron chi connectivity index (χ4n) is 4.70. The molecule has 2 aliphatic heterocycles.